The SMILES string of the molecule is COC(=O)C1=CN(Cc2ccccc2)C=C(C(=O)C(F)(F)F)C1c1ccccc1C(F)(F)F. The largest absolute Gasteiger partial charge is 0.466 e. The first-order valence-corrected chi connectivity index (χ1v) is 9.52. The van der Waals surface area contributed by atoms with Gasteiger partial charge in [0.1, 0.15) is 0 Å². The molecule has 174 valence electrons. The van der Waals surface area contributed by atoms with Crippen molar-refractivity contribution in [1.29, 1.82) is 0 Å². The number of hydrogen-bond acceptors (Lipinski definition) is 4. The molecular weight excluding hydrogens is 452 g/mol. The van der Waals surface area contributed by atoms with E-state index in [1.165, 1.54) is 6.07 Å². The van der Waals surface area contributed by atoms with Crippen LogP contribution in [0.2, 0.25) is 0 Å². The van der Waals surface area contributed by atoms with Crippen LogP contribution in [0.3, 0.4) is 0 Å². The number of hydrogen-bond donors (Lipinski definition) is 0. The highest BCUT2D eigenvalue weighted by Crippen LogP contribution is 2.44. The van der Waals surface area contributed by atoms with E-state index >= 15 is 0 Å². The quantitative estimate of drug-likeness (QED) is 0.436. The van der Waals surface area contributed by atoms with E-state index in [2.05, 4.69) is 4.74 Å². The van der Waals surface area contributed by atoms with Gasteiger partial charge in [-0.1, -0.05) is 48.5 Å². The summed E-state index contributed by atoms with van der Waals surface area (Å²) in [5, 5.41) is 0. The molecule has 4 nitrogen and oxygen atoms in total. The third-order valence-electron chi connectivity index (χ3n) is 4.96. The minimum atomic E-state index is -5.38. The molecule has 33 heavy (non-hydrogen) atoms. The Bertz CT molecular complexity index is 1100. The highest BCUT2D eigenvalue weighted by Gasteiger charge is 2.48. The monoisotopic (exact) mass is 469 g/mol. The fourth-order valence-corrected chi connectivity index (χ4v) is 3.58. The molecule has 10 heteroatoms. The van der Waals surface area contributed by atoms with E-state index in [0.29, 0.717) is 11.6 Å². The molecule has 0 aliphatic carbocycles. The van der Waals surface area contributed by atoms with Crippen molar-refractivity contribution in [2.45, 2.75) is 24.8 Å². The van der Waals surface area contributed by atoms with Crippen LogP contribution in [-0.2, 0) is 27.0 Å². The molecule has 1 aliphatic heterocycles. The number of ketones is 1. The maximum Gasteiger partial charge on any atom is 0.454 e. The lowest BCUT2D eigenvalue weighted by molar-refractivity contribution is -0.167. The Balaban J connectivity index is 2.23. The first-order valence-electron chi connectivity index (χ1n) is 9.52. The third-order valence-corrected chi connectivity index (χ3v) is 4.96. The minimum absolute atomic E-state index is 0.0381. The number of methoxy groups -OCH3 is 1. The molecule has 0 aromatic heterocycles. The van der Waals surface area contributed by atoms with Crippen LogP contribution < -0.4 is 0 Å². The van der Waals surface area contributed by atoms with Gasteiger partial charge in [0.05, 0.1) is 18.2 Å². The molecule has 0 radical (unpaired) electrons. The number of allylic oxidation sites excluding steroid dienone is 1. The average Bonchev–Trinajstić information content (AvgIpc) is 2.77. The van der Waals surface area contributed by atoms with Crippen molar-refractivity contribution >= 4 is 11.8 Å². The Kier molecular flexibility index (Phi) is 6.66. The van der Waals surface area contributed by atoms with Crippen molar-refractivity contribution in [3.63, 3.8) is 0 Å². The van der Waals surface area contributed by atoms with Gasteiger partial charge in [-0.2, -0.15) is 26.3 Å². The van der Waals surface area contributed by atoms with Crippen LogP contribution in [0.25, 0.3) is 0 Å². The second-order valence-corrected chi connectivity index (χ2v) is 7.16. The van der Waals surface area contributed by atoms with Crippen molar-refractivity contribution in [1.82, 2.24) is 4.90 Å². The summed E-state index contributed by atoms with van der Waals surface area (Å²) in [4.78, 5) is 26.0. The Labute approximate surface area is 184 Å². The number of Topliss-reactive ketones (excluding diaryl/α,β-unsaturated/α-hetero) is 1. The van der Waals surface area contributed by atoms with Gasteiger partial charge >= 0.3 is 18.3 Å². The fraction of sp³-hybridized carbons (Fsp3) is 0.217. The first-order chi connectivity index (χ1) is 15.4. The predicted molar refractivity (Wildman–Crippen MR) is 105 cm³/mol. The van der Waals surface area contributed by atoms with E-state index in [1.54, 1.807) is 30.3 Å². The van der Waals surface area contributed by atoms with Crippen LogP contribution in [0.1, 0.15) is 22.6 Å². The van der Waals surface area contributed by atoms with Crippen molar-refractivity contribution in [2.75, 3.05) is 7.11 Å². The summed E-state index contributed by atoms with van der Waals surface area (Å²) in [6, 6.07) is 12.3. The lowest BCUT2D eigenvalue weighted by Gasteiger charge is -2.32. The van der Waals surface area contributed by atoms with Gasteiger partial charge in [-0.3, -0.25) is 4.79 Å². The van der Waals surface area contributed by atoms with Gasteiger partial charge < -0.3 is 9.64 Å². The van der Waals surface area contributed by atoms with Crippen LogP contribution in [0, 0.1) is 0 Å². The topological polar surface area (TPSA) is 46.6 Å². The van der Waals surface area contributed by atoms with Gasteiger partial charge in [0, 0.05) is 30.4 Å². The second kappa shape index (κ2) is 9.13. The van der Waals surface area contributed by atoms with Crippen LogP contribution in [0.15, 0.2) is 78.1 Å². The standard InChI is InChI=1S/C23H17F6NO3/c1-33-21(32)17-13-30(11-14-7-3-2-4-8-14)12-16(20(31)23(27,28)29)19(17)15-9-5-6-10-18(15)22(24,25)26/h2-10,12-13,19H,11H2,1H3. The molecule has 2 aromatic carbocycles. The molecular formula is C23H17F6NO3. The number of esters is 1. The Morgan fingerprint density at radius 2 is 1.45 bits per heavy atom. The number of rotatable bonds is 5. The molecule has 1 unspecified atom stereocenters. The third kappa shape index (κ3) is 5.27. The number of benzene rings is 2. The van der Waals surface area contributed by atoms with Crippen LogP contribution in [0.4, 0.5) is 26.3 Å². The number of carbonyl (C=O) groups excluding carboxylic acids is 2. The number of halogens is 6. The molecule has 0 spiro atoms. The number of carbonyl (C=O) groups is 2. The summed E-state index contributed by atoms with van der Waals surface area (Å²) in [6.45, 7) is -0.0381. The fourth-order valence-electron chi connectivity index (χ4n) is 3.58. The van der Waals surface area contributed by atoms with Gasteiger partial charge in [0.2, 0.25) is 0 Å². The highest BCUT2D eigenvalue weighted by molar-refractivity contribution is 6.04. The Morgan fingerprint density at radius 3 is 2.03 bits per heavy atom. The molecule has 1 heterocycles. The van der Waals surface area contributed by atoms with Crippen molar-refractivity contribution in [2.24, 2.45) is 0 Å². The second-order valence-electron chi connectivity index (χ2n) is 7.16. The van der Waals surface area contributed by atoms with Crippen LogP contribution in [-0.4, -0.2) is 29.9 Å². The van der Waals surface area contributed by atoms with Gasteiger partial charge in [-0.25, -0.2) is 4.79 Å². The van der Waals surface area contributed by atoms with Crippen molar-refractivity contribution < 1.29 is 40.7 Å². The van der Waals surface area contributed by atoms with E-state index in [4.69, 9.17) is 0 Å². The highest BCUT2D eigenvalue weighted by atomic mass is 19.4. The number of nitrogens with zero attached hydrogens (tertiary/aromatic N) is 1. The molecule has 0 N–H and O–H groups in total. The molecule has 0 bridgehead atoms. The zero-order chi connectivity index (χ0) is 24.4. The van der Waals surface area contributed by atoms with E-state index in [0.717, 1.165) is 36.5 Å². The molecule has 3 rings (SSSR count). The molecule has 0 fully saturated rings. The van der Waals surface area contributed by atoms with E-state index in [9.17, 15) is 35.9 Å². The van der Waals surface area contributed by atoms with Gasteiger partial charge in [-0.05, 0) is 17.2 Å². The number of alkyl halides is 6. The average molecular weight is 469 g/mol. The van der Waals surface area contributed by atoms with E-state index in [-0.39, 0.29) is 6.54 Å². The van der Waals surface area contributed by atoms with E-state index in [1.807, 2.05) is 0 Å². The summed E-state index contributed by atoms with van der Waals surface area (Å²) < 4.78 is 86.0. The normalized spacial score (nSPS) is 16.7. The van der Waals surface area contributed by atoms with Gasteiger partial charge in [0.15, 0.2) is 0 Å². The zero-order valence-electron chi connectivity index (χ0n) is 17.1. The lowest BCUT2D eigenvalue weighted by atomic mass is 9.79. The minimum Gasteiger partial charge on any atom is -0.466 e. The summed E-state index contributed by atoms with van der Waals surface area (Å²) in [5.74, 6) is -5.44. The molecule has 1 atom stereocenters. The van der Waals surface area contributed by atoms with E-state index < -0.39 is 52.3 Å². The molecule has 2 aromatic rings. The Morgan fingerprint density at radius 1 is 0.879 bits per heavy atom. The predicted octanol–water partition coefficient (Wildman–Crippen LogP) is 5.38. The summed E-state index contributed by atoms with van der Waals surface area (Å²) in [5.41, 5.74) is -2.84. The van der Waals surface area contributed by atoms with Crippen molar-refractivity contribution in [3.05, 3.63) is 94.8 Å². The maximum atomic E-state index is 13.7. The lowest BCUT2D eigenvalue weighted by Crippen LogP contribution is -2.34. The number of ether oxygens (including phenoxy) is 1. The van der Waals surface area contributed by atoms with Crippen LogP contribution in [0.5, 0.6) is 0 Å². The molecule has 0 saturated carbocycles. The summed E-state index contributed by atoms with van der Waals surface area (Å²) in [7, 11) is 0.945. The first kappa shape index (κ1) is 24.1. The summed E-state index contributed by atoms with van der Waals surface area (Å²) in [6.07, 6.45) is -8.39. The van der Waals surface area contributed by atoms with Crippen molar-refractivity contribution in [3.8, 4) is 0 Å². The van der Waals surface area contributed by atoms with Gasteiger partial charge in [0.25, 0.3) is 5.78 Å². The Hall–Kier alpha value is -3.56. The zero-order valence-corrected chi connectivity index (χ0v) is 17.1. The van der Waals surface area contributed by atoms with Crippen LogP contribution >= 0.6 is 0 Å². The summed E-state index contributed by atoms with van der Waals surface area (Å²) >= 11 is 0. The molecule has 1 aliphatic rings. The molecule has 0 amide bonds. The molecule has 0 saturated heterocycles. The van der Waals surface area contributed by atoms with Gasteiger partial charge in [-0.15, -0.1) is 0 Å². The maximum absolute atomic E-state index is 13.7. The smallest absolute Gasteiger partial charge is 0.454 e.